The van der Waals surface area contributed by atoms with E-state index in [9.17, 15) is 0 Å². The molecule has 2 heterocycles. The second kappa shape index (κ2) is 8.86. The molecule has 20 heavy (non-hydrogen) atoms. The van der Waals surface area contributed by atoms with Gasteiger partial charge in [0.15, 0.2) is 5.96 Å². The molecule has 0 bridgehead atoms. The van der Waals surface area contributed by atoms with Gasteiger partial charge in [-0.3, -0.25) is 4.99 Å². The number of rotatable bonds is 4. The van der Waals surface area contributed by atoms with E-state index in [2.05, 4.69) is 34.0 Å². The van der Waals surface area contributed by atoms with Crippen molar-refractivity contribution < 1.29 is 0 Å². The molecule has 0 spiro atoms. The molecule has 2 N–H and O–H groups in total. The van der Waals surface area contributed by atoms with Crippen molar-refractivity contribution in [3.05, 3.63) is 43.2 Å². The van der Waals surface area contributed by atoms with Crippen LogP contribution < -0.4 is 10.6 Å². The molecule has 0 aliphatic rings. The Morgan fingerprint density at radius 2 is 2.00 bits per heavy atom. The number of aliphatic imine (C=N–C) groups is 1. The molecule has 0 aliphatic carbocycles. The number of thiophene rings is 2. The molecular weight excluding hydrogens is 425 g/mol. The molecule has 0 aliphatic heterocycles. The van der Waals surface area contributed by atoms with Crippen molar-refractivity contribution in [1.82, 2.24) is 10.6 Å². The zero-order valence-corrected chi connectivity index (χ0v) is 16.0. The number of guanidine groups is 1. The van der Waals surface area contributed by atoms with E-state index in [4.69, 9.17) is 11.6 Å². The van der Waals surface area contributed by atoms with Crippen LogP contribution in [0.3, 0.4) is 0 Å². The van der Waals surface area contributed by atoms with Gasteiger partial charge in [-0.25, -0.2) is 0 Å². The highest BCUT2D eigenvalue weighted by atomic mass is 127. The maximum Gasteiger partial charge on any atom is 0.191 e. The van der Waals surface area contributed by atoms with Crippen molar-refractivity contribution in [2.45, 2.75) is 20.0 Å². The van der Waals surface area contributed by atoms with Gasteiger partial charge in [0, 0.05) is 16.8 Å². The van der Waals surface area contributed by atoms with Gasteiger partial charge in [0.2, 0.25) is 0 Å². The normalized spacial score (nSPS) is 11.1. The summed E-state index contributed by atoms with van der Waals surface area (Å²) in [7, 11) is 1.78. The topological polar surface area (TPSA) is 36.4 Å². The Balaban J connectivity index is 0.00000200. The van der Waals surface area contributed by atoms with Crippen LogP contribution in [-0.2, 0) is 13.1 Å². The van der Waals surface area contributed by atoms with E-state index >= 15 is 0 Å². The average molecular weight is 442 g/mol. The minimum absolute atomic E-state index is 0. The van der Waals surface area contributed by atoms with Gasteiger partial charge in [0.05, 0.1) is 17.4 Å². The standard InChI is InChI=1S/C13H16ClN3S2.HI/c1-9-5-6-18-11(9)8-17-13(15-2)16-7-10-3-4-12(14)19-10;/h3-6H,7-8H2,1-2H3,(H2,15,16,17);1H. The Bertz CT molecular complexity index is 565. The zero-order chi connectivity index (χ0) is 13.7. The first-order valence-corrected chi connectivity index (χ1v) is 7.98. The minimum Gasteiger partial charge on any atom is -0.352 e. The predicted octanol–water partition coefficient (Wildman–Crippen LogP) is 4.25. The van der Waals surface area contributed by atoms with Crippen LogP contribution in [0.15, 0.2) is 28.6 Å². The monoisotopic (exact) mass is 441 g/mol. The minimum atomic E-state index is 0. The fourth-order valence-corrected chi connectivity index (χ4v) is 3.46. The summed E-state index contributed by atoms with van der Waals surface area (Å²) in [6.07, 6.45) is 0. The smallest absolute Gasteiger partial charge is 0.191 e. The van der Waals surface area contributed by atoms with Crippen LogP contribution in [0.2, 0.25) is 4.34 Å². The van der Waals surface area contributed by atoms with Gasteiger partial charge in [0.1, 0.15) is 0 Å². The molecule has 0 saturated heterocycles. The molecule has 0 aromatic carbocycles. The third-order valence-corrected chi connectivity index (χ3v) is 4.92. The summed E-state index contributed by atoms with van der Waals surface area (Å²) >= 11 is 9.24. The largest absolute Gasteiger partial charge is 0.352 e. The number of nitrogens with one attached hydrogen (secondary N) is 2. The van der Waals surface area contributed by atoms with Crippen molar-refractivity contribution in [3.8, 4) is 0 Å². The summed E-state index contributed by atoms with van der Waals surface area (Å²) in [5, 5.41) is 8.69. The van der Waals surface area contributed by atoms with E-state index < -0.39 is 0 Å². The molecular formula is C13H17ClIN3S2. The first kappa shape index (κ1) is 17.7. The van der Waals surface area contributed by atoms with E-state index in [0.29, 0.717) is 0 Å². The summed E-state index contributed by atoms with van der Waals surface area (Å²) in [6, 6.07) is 6.07. The van der Waals surface area contributed by atoms with E-state index in [0.717, 1.165) is 23.4 Å². The fraction of sp³-hybridized carbons (Fsp3) is 0.308. The van der Waals surface area contributed by atoms with Crippen LogP contribution >= 0.6 is 58.3 Å². The lowest BCUT2D eigenvalue weighted by molar-refractivity contribution is 0.820. The summed E-state index contributed by atoms with van der Waals surface area (Å²) in [5.41, 5.74) is 1.32. The van der Waals surface area contributed by atoms with Crippen LogP contribution in [0.5, 0.6) is 0 Å². The van der Waals surface area contributed by atoms with Gasteiger partial charge in [-0.2, -0.15) is 0 Å². The van der Waals surface area contributed by atoms with Crippen LogP contribution in [0.1, 0.15) is 15.3 Å². The molecule has 0 amide bonds. The van der Waals surface area contributed by atoms with E-state index in [1.54, 1.807) is 29.7 Å². The van der Waals surface area contributed by atoms with Crippen molar-refractivity contribution in [2.75, 3.05) is 7.05 Å². The summed E-state index contributed by atoms with van der Waals surface area (Å²) < 4.78 is 0.814. The van der Waals surface area contributed by atoms with Gasteiger partial charge in [-0.1, -0.05) is 11.6 Å². The summed E-state index contributed by atoms with van der Waals surface area (Å²) in [6.45, 7) is 3.66. The number of halogens is 2. The Hall–Kier alpha value is -0.310. The molecule has 7 heteroatoms. The number of aryl methyl sites for hydroxylation is 1. The van der Waals surface area contributed by atoms with Crippen LogP contribution in [0, 0.1) is 6.92 Å². The highest BCUT2D eigenvalue weighted by molar-refractivity contribution is 14.0. The Labute approximate surface area is 149 Å². The number of hydrogen-bond donors (Lipinski definition) is 2. The van der Waals surface area contributed by atoms with Crippen LogP contribution in [-0.4, -0.2) is 13.0 Å². The Morgan fingerprint density at radius 3 is 2.55 bits per heavy atom. The van der Waals surface area contributed by atoms with E-state index in [1.807, 2.05) is 12.1 Å². The third-order valence-electron chi connectivity index (χ3n) is 2.67. The van der Waals surface area contributed by atoms with Gasteiger partial charge >= 0.3 is 0 Å². The lowest BCUT2D eigenvalue weighted by Gasteiger charge is -2.10. The third kappa shape index (κ3) is 5.23. The quantitative estimate of drug-likeness (QED) is 0.423. The average Bonchev–Trinajstić information content (AvgIpc) is 2.99. The molecule has 2 aromatic heterocycles. The molecule has 0 saturated carbocycles. The van der Waals surface area contributed by atoms with Crippen molar-refractivity contribution >= 4 is 64.2 Å². The zero-order valence-electron chi connectivity index (χ0n) is 11.3. The second-order valence-corrected chi connectivity index (χ2v) is 6.81. The lowest BCUT2D eigenvalue weighted by atomic mass is 10.3. The van der Waals surface area contributed by atoms with Crippen molar-refractivity contribution in [2.24, 2.45) is 4.99 Å². The SMILES string of the molecule is CN=C(NCc1ccc(Cl)s1)NCc1sccc1C.I. The number of hydrogen-bond acceptors (Lipinski definition) is 3. The first-order valence-electron chi connectivity index (χ1n) is 5.90. The first-order chi connectivity index (χ1) is 9.19. The Kier molecular flexibility index (Phi) is 7.86. The van der Waals surface area contributed by atoms with Gasteiger partial charge in [0.25, 0.3) is 0 Å². The highest BCUT2D eigenvalue weighted by Crippen LogP contribution is 2.21. The van der Waals surface area contributed by atoms with Gasteiger partial charge in [-0.05, 0) is 36.1 Å². The van der Waals surface area contributed by atoms with Crippen molar-refractivity contribution in [1.29, 1.82) is 0 Å². The van der Waals surface area contributed by atoms with Crippen LogP contribution in [0.25, 0.3) is 0 Å². The van der Waals surface area contributed by atoms with Crippen LogP contribution in [0.4, 0.5) is 0 Å². The highest BCUT2D eigenvalue weighted by Gasteiger charge is 2.03. The van der Waals surface area contributed by atoms with E-state index in [1.165, 1.54) is 15.3 Å². The van der Waals surface area contributed by atoms with E-state index in [-0.39, 0.29) is 24.0 Å². The Morgan fingerprint density at radius 1 is 1.25 bits per heavy atom. The van der Waals surface area contributed by atoms with Gasteiger partial charge < -0.3 is 10.6 Å². The predicted molar refractivity (Wildman–Crippen MR) is 101 cm³/mol. The summed E-state index contributed by atoms with van der Waals surface area (Å²) in [5.74, 6) is 0.803. The summed E-state index contributed by atoms with van der Waals surface area (Å²) in [4.78, 5) is 6.74. The van der Waals surface area contributed by atoms with Crippen molar-refractivity contribution in [3.63, 3.8) is 0 Å². The molecule has 3 nitrogen and oxygen atoms in total. The number of nitrogens with zero attached hydrogens (tertiary/aromatic N) is 1. The fourth-order valence-electron chi connectivity index (χ4n) is 1.59. The maximum atomic E-state index is 5.90. The molecule has 0 fully saturated rings. The maximum absolute atomic E-state index is 5.90. The molecule has 2 aromatic rings. The molecule has 0 atom stereocenters. The van der Waals surface area contributed by atoms with Gasteiger partial charge in [-0.15, -0.1) is 46.7 Å². The molecule has 2 rings (SSSR count). The second-order valence-electron chi connectivity index (χ2n) is 4.01. The lowest BCUT2D eigenvalue weighted by Crippen LogP contribution is -2.36. The molecule has 0 radical (unpaired) electrons. The molecule has 110 valence electrons. The molecule has 0 unspecified atom stereocenters.